The second-order valence-electron chi connectivity index (χ2n) is 6.61. The molecule has 1 atom stereocenters. The van der Waals surface area contributed by atoms with Crippen molar-refractivity contribution in [2.24, 2.45) is 5.92 Å². The van der Waals surface area contributed by atoms with Crippen LogP contribution in [0.2, 0.25) is 0 Å². The molecule has 1 nitrogen and oxygen atoms in total. The fourth-order valence-corrected chi connectivity index (χ4v) is 2.79. The molecule has 0 amide bonds. The molecule has 0 heterocycles. The Morgan fingerprint density at radius 1 is 0.600 bits per heavy atom. The molecule has 0 rings (SSSR count). The maximum absolute atomic E-state index is 3.59. The van der Waals surface area contributed by atoms with Crippen LogP contribution in [0, 0.1) is 5.92 Å². The van der Waals surface area contributed by atoms with Crippen LogP contribution in [0.3, 0.4) is 0 Å². The van der Waals surface area contributed by atoms with Gasteiger partial charge in [0.2, 0.25) is 0 Å². The molecule has 20 heavy (non-hydrogen) atoms. The van der Waals surface area contributed by atoms with Crippen LogP contribution in [0.15, 0.2) is 0 Å². The molecule has 0 saturated carbocycles. The zero-order valence-electron chi connectivity index (χ0n) is 14.7. The van der Waals surface area contributed by atoms with Crippen molar-refractivity contribution in [3.8, 4) is 0 Å². The van der Waals surface area contributed by atoms with Gasteiger partial charge in [-0.15, -0.1) is 0 Å². The maximum Gasteiger partial charge on any atom is -0.00488 e. The molecule has 0 aromatic heterocycles. The van der Waals surface area contributed by atoms with Crippen LogP contribution in [0.4, 0.5) is 0 Å². The summed E-state index contributed by atoms with van der Waals surface area (Å²) in [7, 11) is 0. The van der Waals surface area contributed by atoms with Gasteiger partial charge in [-0.2, -0.15) is 0 Å². The van der Waals surface area contributed by atoms with Gasteiger partial charge in [0, 0.05) is 0 Å². The predicted molar refractivity (Wildman–Crippen MR) is 93.4 cm³/mol. The van der Waals surface area contributed by atoms with Crippen LogP contribution >= 0.6 is 0 Å². The highest BCUT2D eigenvalue weighted by molar-refractivity contribution is 4.57. The van der Waals surface area contributed by atoms with Gasteiger partial charge in [0.1, 0.15) is 0 Å². The second kappa shape index (κ2) is 17.0. The van der Waals surface area contributed by atoms with Gasteiger partial charge < -0.3 is 5.32 Å². The molecule has 1 heteroatoms. The summed E-state index contributed by atoms with van der Waals surface area (Å²) in [5, 5.41) is 3.59. The SMILES string of the molecule is CCCCCCCCC(C)CCCNCCCCCC. The highest BCUT2D eigenvalue weighted by Gasteiger charge is 2.01. The van der Waals surface area contributed by atoms with Crippen LogP contribution in [0.1, 0.15) is 104 Å². The van der Waals surface area contributed by atoms with Gasteiger partial charge in [-0.3, -0.25) is 0 Å². The van der Waals surface area contributed by atoms with Crippen molar-refractivity contribution in [3.63, 3.8) is 0 Å². The van der Waals surface area contributed by atoms with Gasteiger partial charge in [0.25, 0.3) is 0 Å². The first-order valence-corrected chi connectivity index (χ1v) is 9.52. The summed E-state index contributed by atoms with van der Waals surface area (Å²) < 4.78 is 0. The molecule has 0 radical (unpaired) electrons. The van der Waals surface area contributed by atoms with E-state index in [0.717, 1.165) is 5.92 Å². The smallest absolute Gasteiger partial charge is 0.00488 e. The number of hydrogen-bond donors (Lipinski definition) is 1. The topological polar surface area (TPSA) is 12.0 Å². The minimum Gasteiger partial charge on any atom is -0.317 e. The lowest BCUT2D eigenvalue weighted by Gasteiger charge is -2.11. The fourth-order valence-electron chi connectivity index (χ4n) is 2.79. The Bertz CT molecular complexity index is 167. The van der Waals surface area contributed by atoms with Crippen molar-refractivity contribution in [3.05, 3.63) is 0 Å². The van der Waals surface area contributed by atoms with Gasteiger partial charge in [0.05, 0.1) is 0 Å². The van der Waals surface area contributed by atoms with E-state index in [-0.39, 0.29) is 0 Å². The summed E-state index contributed by atoms with van der Waals surface area (Å²) in [5.74, 6) is 0.933. The minimum absolute atomic E-state index is 0.933. The van der Waals surface area contributed by atoms with Crippen LogP contribution in [-0.2, 0) is 0 Å². The highest BCUT2D eigenvalue weighted by atomic mass is 14.8. The Morgan fingerprint density at radius 2 is 1.10 bits per heavy atom. The molecule has 0 fully saturated rings. The first kappa shape index (κ1) is 20.0. The van der Waals surface area contributed by atoms with Crippen molar-refractivity contribution < 1.29 is 0 Å². The summed E-state index contributed by atoms with van der Waals surface area (Å²) >= 11 is 0. The largest absolute Gasteiger partial charge is 0.317 e. The van der Waals surface area contributed by atoms with E-state index in [2.05, 4.69) is 26.1 Å². The molecule has 1 N–H and O–H groups in total. The summed E-state index contributed by atoms with van der Waals surface area (Å²) in [5.41, 5.74) is 0. The van der Waals surface area contributed by atoms with E-state index in [4.69, 9.17) is 0 Å². The van der Waals surface area contributed by atoms with E-state index in [0.29, 0.717) is 0 Å². The minimum atomic E-state index is 0.933. The predicted octanol–water partition coefficient (Wildman–Crippen LogP) is 6.32. The number of nitrogens with one attached hydrogen (secondary N) is 1. The Balaban J connectivity index is 3.10. The summed E-state index contributed by atoms with van der Waals surface area (Å²) in [6.07, 6.45) is 18.3. The van der Waals surface area contributed by atoms with E-state index >= 15 is 0 Å². The van der Waals surface area contributed by atoms with E-state index in [1.807, 2.05) is 0 Å². The van der Waals surface area contributed by atoms with Gasteiger partial charge in [-0.1, -0.05) is 85.0 Å². The summed E-state index contributed by atoms with van der Waals surface area (Å²) in [6.45, 7) is 9.46. The Hall–Kier alpha value is -0.0400. The molecule has 122 valence electrons. The van der Waals surface area contributed by atoms with Crippen LogP contribution in [0.5, 0.6) is 0 Å². The van der Waals surface area contributed by atoms with E-state index < -0.39 is 0 Å². The van der Waals surface area contributed by atoms with Crippen LogP contribution < -0.4 is 5.32 Å². The van der Waals surface area contributed by atoms with Gasteiger partial charge in [-0.25, -0.2) is 0 Å². The zero-order valence-corrected chi connectivity index (χ0v) is 14.7. The third kappa shape index (κ3) is 16.0. The zero-order chi connectivity index (χ0) is 14.9. The normalized spacial score (nSPS) is 12.8. The van der Waals surface area contributed by atoms with E-state index in [1.54, 1.807) is 0 Å². The Kier molecular flexibility index (Phi) is 17.0. The summed E-state index contributed by atoms with van der Waals surface area (Å²) in [4.78, 5) is 0. The molecule has 0 spiro atoms. The molecule has 0 aliphatic carbocycles. The lowest BCUT2D eigenvalue weighted by Crippen LogP contribution is -2.17. The standard InChI is InChI=1S/C19H41N/c1-4-6-8-10-11-12-15-19(3)16-14-18-20-17-13-9-7-5-2/h19-20H,4-18H2,1-3H3. The number of rotatable bonds is 16. The van der Waals surface area contributed by atoms with Crippen molar-refractivity contribution in [2.45, 2.75) is 104 Å². The highest BCUT2D eigenvalue weighted by Crippen LogP contribution is 2.15. The van der Waals surface area contributed by atoms with Crippen molar-refractivity contribution in [1.82, 2.24) is 5.32 Å². The Labute approximate surface area is 129 Å². The van der Waals surface area contributed by atoms with Gasteiger partial charge >= 0.3 is 0 Å². The van der Waals surface area contributed by atoms with Gasteiger partial charge in [-0.05, 0) is 38.3 Å². The van der Waals surface area contributed by atoms with Crippen LogP contribution in [-0.4, -0.2) is 13.1 Å². The molecule has 0 saturated heterocycles. The van der Waals surface area contributed by atoms with Crippen molar-refractivity contribution in [2.75, 3.05) is 13.1 Å². The second-order valence-corrected chi connectivity index (χ2v) is 6.61. The first-order chi connectivity index (χ1) is 9.81. The molecule has 0 aromatic rings. The van der Waals surface area contributed by atoms with Crippen molar-refractivity contribution in [1.29, 1.82) is 0 Å². The third-order valence-corrected chi connectivity index (χ3v) is 4.31. The summed E-state index contributed by atoms with van der Waals surface area (Å²) in [6, 6.07) is 0. The monoisotopic (exact) mass is 283 g/mol. The average Bonchev–Trinajstić information content (AvgIpc) is 2.45. The Morgan fingerprint density at radius 3 is 1.80 bits per heavy atom. The third-order valence-electron chi connectivity index (χ3n) is 4.31. The molecule has 0 aliphatic rings. The van der Waals surface area contributed by atoms with Crippen molar-refractivity contribution >= 4 is 0 Å². The maximum atomic E-state index is 3.59. The molecular weight excluding hydrogens is 242 g/mol. The average molecular weight is 284 g/mol. The number of unbranched alkanes of at least 4 members (excludes halogenated alkanes) is 8. The molecule has 0 aliphatic heterocycles. The van der Waals surface area contributed by atoms with E-state index in [1.165, 1.54) is 96.6 Å². The first-order valence-electron chi connectivity index (χ1n) is 9.52. The molecule has 0 bridgehead atoms. The molecule has 0 aromatic carbocycles. The lowest BCUT2D eigenvalue weighted by molar-refractivity contribution is 0.435. The van der Waals surface area contributed by atoms with E-state index in [9.17, 15) is 0 Å². The fraction of sp³-hybridized carbons (Fsp3) is 1.00. The quantitative estimate of drug-likeness (QED) is 0.327. The number of hydrogen-bond acceptors (Lipinski definition) is 1. The molecule has 1 unspecified atom stereocenters. The van der Waals surface area contributed by atoms with Crippen LogP contribution in [0.25, 0.3) is 0 Å². The van der Waals surface area contributed by atoms with Gasteiger partial charge in [0.15, 0.2) is 0 Å². The molecular formula is C19H41N. The lowest BCUT2D eigenvalue weighted by atomic mass is 9.97.